The Labute approximate surface area is 128 Å². The van der Waals surface area contributed by atoms with E-state index in [0.717, 1.165) is 11.1 Å². The summed E-state index contributed by atoms with van der Waals surface area (Å²) in [5, 5.41) is 9.17. The number of benzene rings is 2. The number of esters is 1. The smallest absolute Gasteiger partial charge is 0.345 e. The summed E-state index contributed by atoms with van der Waals surface area (Å²) in [5.74, 6) is -1.84. The van der Waals surface area contributed by atoms with Crippen molar-refractivity contribution >= 4 is 18.0 Å². The molecular weight excluding hydrogens is 280 g/mol. The van der Waals surface area contributed by atoms with Gasteiger partial charge in [-0.25, -0.2) is 9.59 Å². The van der Waals surface area contributed by atoms with Crippen LogP contribution in [0.3, 0.4) is 0 Å². The van der Waals surface area contributed by atoms with Gasteiger partial charge in [0.2, 0.25) is 6.10 Å². The van der Waals surface area contributed by atoms with Gasteiger partial charge in [-0.15, -0.1) is 0 Å². The first-order valence-corrected chi connectivity index (χ1v) is 6.85. The number of carboxylic acids is 1. The summed E-state index contributed by atoms with van der Waals surface area (Å²) in [6.07, 6.45) is 1.76. The second kappa shape index (κ2) is 7.78. The highest BCUT2D eigenvalue weighted by Crippen LogP contribution is 2.08. The highest BCUT2D eigenvalue weighted by Gasteiger charge is 2.21. The first-order valence-electron chi connectivity index (χ1n) is 6.85. The van der Waals surface area contributed by atoms with Crippen LogP contribution in [0.15, 0.2) is 66.7 Å². The van der Waals surface area contributed by atoms with E-state index in [-0.39, 0.29) is 6.42 Å². The van der Waals surface area contributed by atoms with Gasteiger partial charge in [0.25, 0.3) is 0 Å². The molecule has 0 saturated heterocycles. The summed E-state index contributed by atoms with van der Waals surface area (Å²) in [4.78, 5) is 23.0. The Morgan fingerprint density at radius 1 is 1.00 bits per heavy atom. The van der Waals surface area contributed by atoms with Crippen molar-refractivity contribution in [1.29, 1.82) is 0 Å². The maximum absolute atomic E-state index is 11.7. The van der Waals surface area contributed by atoms with E-state index in [4.69, 9.17) is 9.84 Å². The quantitative estimate of drug-likeness (QED) is 0.657. The molecule has 0 aromatic heterocycles. The molecule has 0 aliphatic heterocycles. The highest BCUT2D eigenvalue weighted by molar-refractivity contribution is 5.89. The molecule has 2 aromatic rings. The summed E-state index contributed by atoms with van der Waals surface area (Å²) in [6.45, 7) is 0. The van der Waals surface area contributed by atoms with Crippen LogP contribution in [0.4, 0.5) is 0 Å². The maximum atomic E-state index is 11.7. The van der Waals surface area contributed by atoms with Crippen molar-refractivity contribution in [2.24, 2.45) is 0 Å². The standard InChI is InChI=1S/C18H16O4/c19-17(12-11-14-7-3-1-4-8-14)22-16(18(20)21)13-15-9-5-2-6-10-15/h1-12,16H,13H2,(H,20,21). The van der Waals surface area contributed by atoms with E-state index in [1.807, 2.05) is 48.5 Å². The number of aliphatic carboxylic acids is 1. The Morgan fingerprint density at radius 2 is 1.59 bits per heavy atom. The third kappa shape index (κ3) is 4.90. The van der Waals surface area contributed by atoms with Gasteiger partial charge < -0.3 is 9.84 Å². The third-order valence-electron chi connectivity index (χ3n) is 3.01. The van der Waals surface area contributed by atoms with Crippen molar-refractivity contribution in [3.8, 4) is 0 Å². The Balaban J connectivity index is 1.97. The van der Waals surface area contributed by atoms with E-state index in [1.54, 1.807) is 18.2 Å². The molecule has 0 spiro atoms. The largest absolute Gasteiger partial charge is 0.478 e. The number of carbonyl (C=O) groups is 2. The fourth-order valence-corrected chi connectivity index (χ4v) is 1.92. The van der Waals surface area contributed by atoms with Crippen molar-refractivity contribution in [3.05, 3.63) is 77.9 Å². The average Bonchev–Trinajstić information content (AvgIpc) is 2.54. The highest BCUT2D eigenvalue weighted by atomic mass is 16.6. The van der Waals surface area contributed by atoms with Gasteiger partial charge >= 0.3 is 11.9 Å². The monoisotopic (exact) mass is 296 g/mol. The van der Waals surface area contributed by atoms with Gasteiger partial charge in [-0.3, -0.25) is 0 Å². The van der Waals surface area contributed by atoms with Gasteiger partial charge in [0, 0.05) is 12.5 Å². The van der Waals surface area contributed by atoms with E-state index in [1.165, 1.54) is 6.08 Å². The Bertz CT molecular complexity index is 647. The molecule has 1 unspecified atom stereocenters. The van der Waals surface area contributed by atoms with Gasteiger partial charge in [-0.05, 0) is 17.2 Å². The molecule has 0 saturated carbocycles. The van der Waals surface area contributed by atoms with Crippen LogP contribution in [0.1, 0.15) is 11.1 Å². The van der Waals surface area contributed by atoms with Crippen LogP contribution in [0.25, 0.3) is 6.08 Å². The normalized spacial score (nSPS) is 12.0. The lowest BCUT2D eigenvalue weighted by Gasteiger charge is -2.12. The molecule has 0 amide bonds. The summed E-state index contributed by atoms with van der Waals surface area (Å²) < 4.78 is 5.01. The Morgan fingerprint density at radius 3 is 2.18 bits per heavy atom. The SMILES string of the molecule is O=C(C=Cc1ccccc1)OC(Cc1ccccc1)C(=O)O. The number of ether oxygens (including phenoxy) is 1. The molecule has 0 radical (unpaired) electrons. The molecule has 1 N–H and O–H groups in total. The van der Waals surface area contributed by atoms with Crippen LogP contribution >= 0.6 is 0 Å². The van der Waals surface area contributed by atoms with Gasteiger partial charge in [0.05, 0.1) is 0 Å². The number of hydrogen-bond acceptors (Lipinski definition) is 3. The Hall–Kier alpha value is -2.88. The third-order valence-corrected chi connectivity index (χ3v) is 3.01. The summed E-state index contributed by atoms with van der Waals surface area (Å²) in [6, 6.07) is 18.3. The summed E-state index contributed by atoms with van der Waals surface area (Å²) in [7, 11) is 0. The maximum Gasteiger partial charge on any atom is 0.345 e. The van der Waals surface area contributed by atoms with E-state index < -0.39 is 18.0 Å². The van der Waals surface area contributed by atoms with Crippen LogP contribution in [0.2, 0.25) is 0 Å². The molecule has 0 heterocycles. The second-order valence-corrected chi connectivity index (χ2v) is 4.70. The van der Waals surface area contributed by atoms with Crippen LogP contribution in [0, 0.1) is 0 Å². The molecule has 4 nitrogen and oxygen atoms in total. The molecule has 0 fully saturated rings. The number of rotatable bonds is 6. The zero-order valence-corrected chi connectivity index (χ0v) is 11.9. The van der Waals surface area contributed by atoms with Crippen molar-refractivity contribution < 1.29 is 19.4 Å². The topological polar surface area (TPSA) is 63.6 Å². The van der Waals surface area contributed by atoms with E-state index in [2.05, 4.69) is 0 Å². The molecule has 2 rings (SSSR count). The lowest BCUT2D eigenvalue weighted by Crippen LogP contribution is -2.28. The zero-order valence-electron chi connectivity index (χ0n) is 11.9. The summed E-state index contributed by atoms with van der Waals surface area (Å²) >= 11 is 0. The fraction of sp³-hybridized carbons (Fsp3) is 0.111. The van der Waals surface area contributed by atoms with E-state index in [9.17, 15) is 9.59 Å². The van der Waals surface area contributed by atoms with Crippen molar-refractivity contribution in [2.45, 2.75) is 12.5 Å². The van der Waals surface area contributed by atoms with Gasteiger partial charge in [0.15, 0.2) is 0 Å². The molecule has 0 bridgehead atoms. The number of hydrogen-bond donors (Lipinski definition) is 1. The minimum atomic E-state index is -1.20. The number of carbonyl (C=O) groups excluding carboxylic acids is 1. The minimum Gasteiger partial charge on any atom is -0.478 e. The molecule has 0 aliphatic carbocycles. The molecule has 0 aliphatic rings. The summed E-state index contributed by atoms with van der Waals surface area (Å²) in [5.41, 5.74) is 1.64. The molecule has 2 aromatic carbocycles. The van der Waals surface area contributed by atoms with Crippen LogP contribution in [0.5, 0.6) is 0 Å². The molecule has 1 atom stereocenters. The molecule has 4 heteroatoms. The van der Waals surface area contributed by atoms with Gasteiger partial charge in [0.1, 0.15) is 0 Å². The fourth-order valence-electron chi connectivity index (χ4n) is 1.92. The lowest BCUT2D eigenvalue weighted by molar-refractivity contribution is -0.160. The van der Waals surface area contributed by atoms with Gasteiger partial charge in [-0.2, -0.15) is 0 Å². The van der Waals surface area contributed by atoms with E-state index in [0.29, 0.717) is 0 Å². The average molecular weight is 296 g/mol. The predicted molar refractivity (Wildman–Crippen MR) is 83.1 cm³/mol. The first kappa shape index (κ1) is 15.5. The van der Waals surface area contributed by atoms with Crippen LogP contribution < -0.4 is 0 Å². The van der Waals surface area contributed by atoms with Crippen LogP contribution in [-0.2, 0) is 20.7 Å². The van der Waals surface area contributed by atoms with Crippen LogP contribution in [-0.4, -0.2) is 23.1 Å². The predicted octanol–water partition coefficient (Wildman–Crippen LogP) is 2.94. The minimum absolute atomic E-state index is 0.140. The van der Waals surface area contributed by atoms with Gasteiger partial charge in [-0.1, -0.05) is 60.7 Å². The molecular formula is C18H16O4. The molecule has 22 heavy (non-hydrogen) atoms. The van der Waals surface area contributed by atoms with Crippen molar-refractivity contribution in [3.63, 3.8) is 0 Å². The first-order chi connectivity index (χ1) is 10.6. The van der Waals surface area contributed by atoms with Crippen molar-refractivity contribution in [2.75, 3.05) is 0 Å². The van der Waals surface area contributed by atoms with Crippen molar-refractivity contribution in [1.82, 2.24) is 0 Å². The zero-order chi connectivity index (χ0) is 15.8. The molecule has 112 valence electrons. The second-order valence-electron chi connectivity index (χ2n) is 4.70. The van der Waals surface area contributed by atoms with E-state index >= 15 is 0 Å². The number of carboxylic acid groups (broad SMARTS) is 1. The lowest BCUT2D eigenvalue weighted by atomic mass is 10.1. The Kier molecular flexibility index (Phi) is 5.49.